The number of aliphatic hydroxyl groups excluding tert-OH is 1. The fraction of sp³-hybridized carbons (Fsp3) is 0.590. The molecule has 0 heterocycles. The normalized spacial score (nSPS) is 14.9. The molecule has 19 heteroatoms. The van der Waals surface area contributed by atoms with E-state index in [0.29, 0.717) is 32.1 Å². The quantitative estimate of drug-likeness (QED) is 0.0169. The molecule has 0 amide bonds. The molecule has 0 aromatic heterocycles. The van der Waals surface area contributed by atoms with Gasteiger partial charge in [-0.2, -0.15) is 0 Å². The highest BCUT2D eigenvalue weighted by Crippen LogP contribution is 2.45. The molecule has 576 valence electrons. The Kier molecular flexibility index (Phi) is 69.3. The first kappa shape index (κ1) is 96.2. The highest BCUT2D eigenvalue weighted by Gasteiger charge is 2.30. The Hall–Kier alpha value is -5.84. The van der Waals surface area contributed by atoms with Gasteiger partial charge in [-0.25, -0.2) is 9.13 Å². The minimum absolute atomic E-state index is 0.0155. The molecule has 0 aliphatic rings. The van der Waals surface area contributed by atoms with Crippen molar-refractivity contribution in [3.63, 3.8) is 0 Å². The number of ether oxygens (including phenoxy) is 4. The average Bonchev–Trinajstić information content (AvgIpc) is 0.908. The first-order valence-corrected chi connectivity index (χ1v) is 41.0. The number of unbranched alkanes of at least 4 members (excludes halogenated alkanes) is 14. The maximum absolute atomic E-state index is 13.1. The lowest BCUT2D eigenvalue weighted by atomic mass is 10.1. The van der Waals surface area contributed by atoms with Gasteiger partial charge >= 0.3 is 39.5 Å². The molecule has 5 atom stereocenters. The van der Waals surface area contributed by atoms with Crippen LogP contribution in [0.1, 0.15) is 259 Å². The van der Waals surface area contributed by atoms with E-state index in [1.807, 2.05) is 24.3 Å². The zero-order valence-electron chi connectivity index (χ0n) is 62.7. The summed E-state index contributed by atoms with van der Waals surface area (Å²) in [7, 11) is -10.0. The van der Waals surface area contributed by atoms with Crippen molar-refractivity contribution < 1.29 is 80.2 Å². The number of phosphoric ester groups is 2. The number of phosphoric acid groups is 2. The Labute approximate surface area is 615 Å². The summed E-state index contributed by atoms with van der Waals surface area (Å²) in [6.07, 6.45) is 87.8. The lowest BCUT2D eigenvalue weighted by molar-refractivity contribution is -0.161. The Morgan fingerprint density at radius 1 is 0.294 bits per heavy atom. The topological polar surface area (TPSA) is 237 Å². The van der Waals surface area contributed by atoms with E-state index in [4.69, 9.17) is 37.0 Å². The zero-order chi connectivity index (χ0) is 74.6. The zero-order valence-corrected chi connectivity index (χ0v) is 64.5. The third kappa shape index (κ3) is 72.5. The number of hydrogen-bond acceptors (Lipinski definition) is 15. The van der Waals surface area contributed by atoms with E-state index in [-0.39, 0.29) is 25.7 Å². The van der Waals surface area contributed by atoms with E-state index in [9.17, 15) is 43.2 Å². The Morgan fingerprint density at radius 2 is 0.549 bits per heavy atom. The van der Waals surface area contributed by atoms with E-state index < -0.39 is 97.5 Å². The van der Waals surface area contributed by atoms with Gasteiger partial charge < -0.3 is 33.8 Å². The van der Waals surface area contributed by atoms with Crippen LogP contribution in [0.25, 0.3) is 0 Å². The predicted molar refractivity (Wildman–Crippen MR) is 417 cm³/mol. The van der Waals surface area contributed by atoms with E-state index in [2.05, 4.69) is 180 Å². The van der Waals surface area contributed by atoms with Gasteiger partial charge in [0.15, 0.2) is 12.2 Å². The van der Waals surface area contributed by atoms with Crippen LogP contribution in [0, 0.1) is 0 Å². The Balaban J connectivity index is 5.50. The maximum atomic E-state index is 13.1. The maximum Gasteiger partial charge on any atom is 0.472 e. The largest absolute Gasteiger partial charge is 0.472 e. The third-order valence-corrected chi connectivity index (χ3v) is 16.8. The molecule has 3 N–H and O–H groups in total. The molecule has 0 saturated carbocycles. The molecule has 0 bridgehead atoms. The minimum atomic E-state index is -5.02. The number of hydrogen-bond donors (Lipinski definition) is 3. The number of aliphatic hydroxyl groups is 1. The monoisotopic (exact) mass is 1460 g/mol. The first-order chi connectivity index (χ1) is 49.7. The van der Waals surface area contributed by atoms with Gasteiger partial charge in [-0.15, -0.1) is 0 Å². The summed E-state index contributed by atoms with van der Waals surface area (Å²) in [6, 6.07) is 0. The lowest BCUT2D eigenvalue weighted by Crippen LogP contribution is -2.30. The van der Waals surface area contributed by atoms with Gasteiger partial charge in [0.1, 0.15) is 19.3 Å². The van der Waals surface area contributed by atoms with Gasteiger partial charge in [-0.1, -0.05) is 255 Å². The second-order valence-corrected chi connectivity index (χ2v) is 27.4. The summed E-state index contributed by atoms with van der Waals surface area (Å²) in [6.45, 7) is 4.26. The van der Waals surface area contributed by atoms with Crippen molar-refractivity contribution in [3.05, 3.63) is 182 Å². The van der Waals surface area contributed by atoms with Crippen molar-refractivity contribution in [2.75, 3.05) is 39.6 Å². The van der Waals surface area contributed by atoms with E-state index >= 15 is 0 Å². The molecule has 102 heavy (non-hydrogen) atoms. The minimum Gasteiger partial charge on any atom is -0.462 e. The lowest BCUT2D eigenvalue weighted by Gasteiger charge is -2.21. The number of rotatable bonds is 69. The molecule has 0 rings (SSSR count). The molecule has 0 aromatic rings. The van der Waals surface area contributed by atoms with Crippen LogP contribution in [-0.4, -0.2) is 96.7 Å². The molecule has 0 aromatic carbocycles. The van der Waals surface area contributed by atoms with Crippen LogP contribution in [0.5, 0.6) is 0 Å². The highest BCUT2D eigenvalue weighted by molar-refractivity contribution is 7.47. The van der Waals surface area contributed by atoms with E-state index in [1.165, 1.54) is 25.7 Å². The van der Waals surface area contributed by atoms with Crippen molar-refractivity contribution in [2.24, 2.45) is 0 Å². The van der Waals surface area contributed by atoms with Gasteiger partial charge in [-0.05, 0) is 161 Å². The highest BCUT2D eigenvalue weighted by atomic mass is 31.2. The van der Waals surface area contributed by atoms with Crippen LogP contribution in [-0.2, 0) is 65.4 Å². The fourth-order valence-corrected chi connectivity index (χ4v) is 10.8. The predicted octanol–water partition coefficient (Wildman–Crippen LogP) is 22.0. The molecule has 17 nitrogen and oxygen atoms in total. The Bertz CT molecular complexity index is 2650. The summed E-state index contributed by atoms with van der Waals surface area (Å²) >= 11 is 0. The van der Waals surface area contributed by atoms with Gasteiger partial charge in [0, 0.05) is 19.3 Å². The molecule has 5 unspecified atom stereocenters. The van der Waals surface area contributed by atoms with Crippen molar-refractivity contribution in [3.8, 4) is 0 Å². The standard InChI is InChI=1S/C83H132O17P2/c1-5-9-13-17-21-25-29-33-36-37-38-39-42-45-48-52-56-60-64-68-81(86)94-73-78(99-82(87)69-65-61-57-53-49-43-32-28-24-20-16-12-8-4)75-97-101(89,90)95-71-77(84)72-96-102(91,92)98-76-79(100-83(88)70-66-62-58-54-50-46-41-35-31-27-23-19-15-11-7-3)74-93-80(85)67-63-59-55-51-47-44-40-34-30-26-22-18-14-10-6-2/h9-11,13-15,21-23,25-28,32-36,38-41,45,47-48,50-51,54,59,63,77-79,84H,5-8,12,16-20,24,29-31,37,42-44,46,49,52-53,55-58,60-62,64-76H2,1-4H3,(H,89,90)(H,91,92)/b13-9-,14-10-,15-11-,25-21-,26-22-,27-23-,32-28-,36-33-,39-38-,40-34-,41-35-,48-45-,51-47-,54-50-,63-59-. The number of allylic oxidation sites excluding steroid dienone is 29. The van der Waals surface area contributed by atoms with Crippen LogP contribution >= 0.6 is 15.6 Å². The van der Waals surface area contributed by atoms with Gasteiger partial charge in [0.25, 0.3) is 0 Å². The van der Waals surface area contributed by atoms with Crippen molar-refractivity contribution in [1.82, 2.24) is 0 Å². The molecule has 0 radical (unpaired) electrons. The van der Waals surface area contributed by atoms with Crippen molar-refractivity contribution in [1.29, 1.82) is 0 Å². The summed E-state index contributed by atoms with van der Waals surface area (Å²) < 4.78 is 68.3. The number of esters is 4. The molecule has 0 aliphatic heterocycles. The molecule has 0 fully saturated rings. The second-order valence-electron chi connectivity index (χ2n) is 24.5. The fourth-order valence-electron chi connectivity index (χ4n) is 9.19. The molecule has 0 aliphatic carbocycles. The number of carbonyl (C=O) groups is 4. The van der Waals surface area contributed by atoms with Crippen LogP contribution in [0.15, 0.2) is 182 Å². The van der Waals surface area contributed by atoms with Crippen molar-refractivity contribution in [2.45, 2.75) is 277 Å². The molecule has 0 saturated heterocycles. The molecular formula is C83H132O17P2. The summed E-state index contributed by atoms with van der Waals surface area (Å²) in [5, 5.41) is 10.6. The van der Waals surface area contributed by atoms with Crippen LogP contribution < -0.4 is 0 Å². The van der Waals surface area contributed by atoms with Crippen LogP contribution in [0.3, 0.4) is 0 Å². The van der Waals surface area contributed by atoms with E-state index in [1.54, 1.807) is 6.08 Å². The third-order valence-electron chi connectivity index (χ3n) is 14.9. The molecule has 0 spiro atoms. The molecular weight excluding hydrogens is 1330 g/mol. The van der Waals surface area contributed by atoms with Crippen LogP contribution in [0.2, 0.25) is 0 Å². The van der Waals surface area contributed by atoms with E-state index in [0.717, 1.165) is 148 Å². The Morgan fingerprint density at radius 3 is 0.912 bits per heavy atom. The van der Waals surface area contributed by atoms with Gasteiger partial charge in [0.2, 0.25) is 0 Å². The van der Waals surface area contributed by atoms with Gasteiger partial charge in [0.05, 0.1) is 32.8 Å². The average molecular weight is 1460 g/mol. The SMILES string of the molecule is CC/C=C\C/C=C\C/C=C\C/C=C\C/C=C\CCCCCC(=O)OCC(COP(=O)(O)OCC(O)COP(=O)(O)OCC(COC(=O)C/C=C\C/C=C\C/C=C\C/C=C\C/C=C\CC)OC(=O)CCCC/C=C\C/C=C\C/C=C\C/C=C\CC)OC(=O)CCCCCCC/C=C\CCCCCC. The smallest absolute Gasteiger partial charge is 0.462 e. The summed E-state index contributed by atoms with van der Waals surface area (Å²) in [5.41, 5.74) is 0. The second kappa shape index (κ2) is 73.5. The summed E-state index contributed by atoms with van der Waals surface area (Å²) in [5.74, 6) is -2.44. The summed E-state index contributed by atoms with van der Waals surface area (Å²) in [4.78, 5) is 72.8. The van der Waals surface area contributed by atoms with Crippen LogP contribution in [0.4, 0.5) is 0 Å². The first-order valence-electron chi connectivity index (χ1n) is 38.0. The van der Waals surface area contributed by atoms with Crippen molar-refractivity contribution >= 4 is 39.5 Å². The number of carbonyl (C=O) groups excluding carboxylic acids is 4. The van der Waals surface area contributed by atoms with Gasteiger partial charge in [-0.3, -0.25) is 37.3 Å².